The van der Waals surface area contributed by atoms with Crippen molar-refractivity contribution in [3.05, 3.63) is 54.4 Å². The molecule has 7 nitrogen and oxygen atoms in total. The van der Waals surface area contributed by atoms with Gasteiger partial charge in [-0.3, -0.25) is 19.5 Å². The van der Waals surface area contributed by atoms with E-state index in [0.717, 1.165) is 44.6 Å². The zero-order valence-corrected chi connectivity index (χ0v) is 16.7. The van der Waals surface area contributed by atoms with E-state index in [1.54, 1.807) is 12.4 Å². The van der Waals surface area contributed by atoms with Gasteiger partial charge in [-0.25, -0.2) is 0 Å². The summed E-state index contributed by atoms with van der Waals surface area (Å²) in [6.07, 6.45) is 0.571. The molecule has 2 amide bonds. The maximum atomic E-state index is 12.2. The van der Waals surface area contributed by atoms with E-state index in [1.165, 1.54) is 17.7 Å². The fraction of sp³-hybridized carbons (Fsp3) is 0.381. The molecule has 31 heavy (non-hydrogen) atoms. The van der Waals surface area contributed by atoms with E-state index in [2.05, 4.69) is 25.3 Å². The third-order valence-electron chi connectivity index (χ3n) is 4.97. The Morgan fingerprint density at radius 1 is 1.03 bits per heavy atom. The Balaban J connectivity index is 1.37. The number of benzene rings is 1. The molecule has 1 fully saturated rings. The van der Waals surface area contributed by atoms with Crippen molar-refractivity contribution in [2.45, 2.75) is 25.7 Å². The molecule has 10 heteroatoms. The molecule has 0 spiro atoms. The van der Waals surface area contributed by atoms with Gasteiger partial charge in [-0.15, -0.1) is 13.2 Å². The Hall–Kier alpha value is -3.14. The maximum Gasteiger partial charge on any atom is 0.573 e. The Kier molecular flexibility index (Phi) is 7.45. The molecule has 1 aliphatic rings. The normalized spacial score (nSPS) is 15.3. The third-order valence-corrected chi connectivity index (χ3v) is 4.97. The van der Waals surface area contributed by atoms with Crippen LogP contribution in [0.25, 0.3) is 0 Å². The van der Waals surface area contributed by atoms with E-state index >= 15 is 0 Å². The zero-order valence-electron chi connectivity index (χ0n) is 16.7. The number of amides is 2. The second-order valence-electron chi connectivity index (χ2n) is 7.31. The molecule has 0 aliphatic carbocycles. The van der Waals surface area contributed by atoms with E-state index in [-0.39, 0.29) is 11.6 Å². The van der Waals surface area contributed by atoms with Gasteiger partial charge in [0, 0.05) is 31.2 Å². The number of likely N-dealkylation sites (tertiary alicyclic amines) is 1. The predicted molar refractivity (Wildman–Crippen MR) is 107 cm³/mol. The molecule has 2 N–H and O–H groups in total. The quantitative estimate of drug-likeness (QED) is 0.681. The lowest BCUT2D eigenvalue weighted by Gasteiger charge is -2.32. The molecule has 1 saturated heterocycles. The molecule has 0 atom stereocenters. The highest BCUT2D eigenvalue weighted by atomic mass is 19.4. The maximum absolute atomic E-state index is 12.2. The van der Waals surface area contributed by atoms with Crippen LogP contribution in [0, 0.1) is 5.92 Å². The first-order valence-electron chi connectivity index (χ1n) is 9.85. The number of ether oxygens (including phenoxy) is 1. The summed E-state index contributed by atoms with van der Waals surface area (Å²) in [4.78, 5) is 30.4. The highest BCUT2D eigenvalue weighted by Gasteiger charge is 2.31. The van der Waals surface area contributed by atoms with Gasteiger partial charge in [0.1, 0.15) is 5.75 Å². The molecule has 166 valence electrons. The Morgan fingerprint density at radius 2 is 1.68 bits per heavy atom. The van der Waals surface area contributed by atoms with Crippen LogP contribution in [-0.2, 0) is 16.1 Å². The molecule has 1 aromatic carbocycles. The van der Waals surface area contributed by atoms with Gasteiger partial charge in [0.25, 0.3) is 0 Å². The monoisotopic (exact) mass is 436 g/mol. The third kappa shape index (κ3) is 7.56. The number of nitrogens with zero attached hydrogens (tertiary/aromatic N) is 2. The summed E-state index contributed by atoms with van der Waals surface area (Å²) in [5.41, 5.74) is 1.40. The van der Waals surface area contributed by atoms with Crippen LogP contribution in [0.2, 0.25) is 0 Å². The number of aromatic nitrogens is 1. The van der Waals surface area contributed by atoms with Gasteiger partial charge < -0.3 is 15.4 Å². The minimum Gasteiger partial charge on any atom is -0.406 e. The van der Waals surface area contributed by atoms with E-state index in [1.807, 2.05) is 12.1 Å². The molecule has 0 bridgehead atoms. The largest absolute Gasteiger partial charge is 0.573 e. The van der Waals surface area contributed by atoms with Crippen molar-refractivity contribution in [2.75, 3.05) is 25.0 Å². The molecule has 0 radical (unpaired) electrons. The van der Waals surface area contributed by atoms with E-state index in [4.69, 9.17) is 0 Å². The number of carbonyl (C=O) groups excluding carboxylic acids is 2. The summed E-state index contributed by atoms with van der Waals surface area (Å²) in [6.45, 7) is 3.06. The minimum atomic E-state index is -4.79. The average molecular weight is 436 g/mol. The summed E-state index contributed by atoms with van der Waals surface area (Å²) < 4.78 is 40.3. The van der Waals surface area contributed by atoms with Crippen LogP contribution >= 0.6 is 0 Å². The number of carbonyl (C=O) groups is 2. The number of piperidine rings is 1. The molecule has 2 aromatic rings. The number of pyridine rings is 1. The fourth-order valence-electron chi connectivity index (χ4n) is 3.34. The number of hydrogen-bond donors (Lipinski definition) is 2. The number of anilines is 1. The molecule has 2 heterocycles. The second-order valence-corrected chi connectivity index (χ2v) is 7.31. The van der Waals surface area contributed by atoms with Crippen LogP contribution < -0.4 is 15.4 Å². The van der Waals surface area contributed by atoms with Crippen molar-refractivity contribution in [1.29, 1.82) is 0 Å². The topological polar surface area (TPSA) is 83.6 Å². The van der Waals surface area contributed by atoms with Crippen molar-refractivity contribution < 1.29 is 27.5 Å². The molecular formula is C21H23F3N4O3. The van der Waals surface area contributed by atoms with Crippen molar-refractivity contribution in [2.24, 2.45) is 5.92 Å². The molecule has 0 unspecified atom stereocenters. The van der Waals surface area contributed by atoms with E-state index in [9.17, 15) is 22.8 Å². The van der Waals surface area contributed by atoms with Gasteiger partial charge in [-0.2, -0.15) is 0 Å². The standard InChI is InChI=1S/C21H23F3N4O3/c22-21(23,24)31-18-3-1-17(2-4-18)27-20(30)19(29)26-13-15-7-11-28(12-8-15)14-16-5-9-25-10-6-16/h1-6,9-10,15H,7-8,11-14H2,(H,26,29)(H,27,30). The van der Waals surface area contributed by atoms with Gasteiger partial charge in [-0.05, 0) is 73.8 Å². The summed E-state index contributed by atoms with van der Waals surface area (Å²) >= 11 is 0. The number of nitrogens with one attached hydrogen (secondary N) is 2. The van der Waals surface area contributed by atoms with Gasteiger partial charge in [0.2, 0.25) is 0 Å². The van der Waals surface area contributed by atoms with Gasteiger partial charge in [-0.1, -0.05) is 0 Å². The van der Waals surface area contributed by atoms with E-state index < -0.39 is 23.9 Å². The van der Waals surface area contributed by atoms with Crippen LogP contribution in [0.3, 0.4) is 0 Å². The molecule has 1 aromatic heterocycles. The first kappa shape index (κ1) is 22.5. The first-order chi connectivity index (χ1) is 14.8. The first-order valence-corrected chi connectivity index (χ1v) is 9.85. The minimum absolute atomic E-state index is 0.194. The molecule has 1 aliphatic heterocycles. The van der Waals surface area contributed by atoms with Gasteiger partial charge in [0.05, 0.1) is 0 Å². The van der Waals surface area contributed by atoms with Crippen LogP contribution in [0.4, 0.5) is 18.9 Å². The average Bonchev–Trinajstić information content (AvgIpc) is 2.74. The predicted octanol–water partition coefficient (Wildman–Crippen LogP) is 2.95. The fourth-order valence-corrected chi connectivity index (χ4v) is 3.34. The van der Waals surface area contributed by atoms with Gasteiger partial charge in [0.15, 0.2) is 0 Å². The van der Waals surface area contributed by atoms with Crippen LogP contribution in [0.5, 0.6) is 5.75 Å². The summed E-state index contributed by atoms with van der Waals surface area (Å²) in [7, 11) is 0. The lowest BCUT2D eigenvalue weighted by Crippen LogP contribution is -2.41. The molecular weight excluding hydrogens is 413 g/mol. The molecule has 3 rings (SSSR count). The van der Waals surface area contributed by atoms with Crippen LogP contribution in [0.15, 0.2) is 48.8 Å². The highest BCUT2D eigenvalue weighted by molar-refractivity contribution is 6.39. The summed E-state index contributed by atoms with van der Waals surface area (Å²) in [6, 6.07) is 8.54. The van der Waals surface area contributed by atoms with Crippen LogP contribution in [0.1, 0.15) is 18.4 Å². The summed E-state index contributed by atoms with van der Waals surface area (Å²) in [5.74, 6) is -1.79. The summed E-state index contributed by atoms with van der Waals surface area (Å²) in [5, 5.41) is 4.98. The highest BCUT2D eigenvalue weighted by Crippen LogP contribution is 2.24. The van der Waals surface area contributed by atoms with Crippen molar-refractivity contribution in [3.8, 4) is 5.75 Å². The van der Waals surface area contributed by atoms with Crippen molar-refractivity contribution in [1.82, 2.24) is 15.2 Å². The SMILES string of the molecule is O=C(NCC1CCN(Cc2ccncc2)CC1)C(=O)Nc1ccc(OC(F)(F)F)cc1. The van der Waals surface area contributed by atoms with Crippen molar-refractivity contribution in [3.63, 3.8) is 0 Å². The number of alkyl halides is 3. The molecule has 0 saturated carbocycles. The van der Waals surface area contributed by atoms with Crippen LogP contribution in [-0.4, -0.2) is 47.7 Å². The van der Waals surface area contributed by atoms with Crippen molar-refractivity contribution >= 4 is 17.5 Å². The number of rotatable bonds is 6. The van der Waals surface area contributed by atoms with E-state index in [0.29, 0.717) is 6.54 Å². The Bertz CT molecular complexity index is 868. The van der Waals surface area contributed by atoms with Gasteiger partial charge >= 0.3 is 18.2 Å². The number of hydrogen-bond acceptors (Lipinski definition) is 5. The smallest absolute Gasteiger partial charge is 0.406 e. The zero-order chi connectivity index (χ0) is 22.3. The Labute approximate surface area is 177 Å². The Morgan fingerprint density at radius 3 is 2.29 bits per heavy atom. The lowest BCUT2D eigenvalue weighted by atomic mass is 9.96. The second kappa shape index (κ2) is 10.3. The lowest BCUT2D eigenvalue weighted by molar-refractivity contribution is -0.274. The number of halogens is 3.